The maximum Gasteiger partial charge on any atom is 0.344 e. The molecule has 0 N–H and O–H groups in total. The molecule has 1 saturated heterocycles. The van der Waals surface area contributed by atoms with Gasteiger partial charge >= 0.3 is 18.0 Å². The molecule has 2 aromatic carbocycles. The molecular weight excluding hydrogens is 502 g/mol. The highest BCUT2D eigenvalue weighted by Gasteiger charge is 2.43. The van der Waals surface area contributed by atoms with Crippen molar-refractivity contribution in [2.75, 3.05) is 26.2 Å². The van der Waals surface area contributed by atoms with E-state index >= 15 is 0 Å². The van der Waals surface area contributed by atoms with Gasteiger partial charge in [0.05, 0.1) is 17.1 Å². The maximum absolute atomic E-state index is 13.2. The standard InChI is InChI=1S/C28H33N5O6/c1-19(2)39-26(34)24-20(3)29-27(35)32(25(24)22-11-7-12-23(17-22)33(37)38)14-8-13-30-15-16-31(28(30)36)18-21-9-5-4-6-10-21/h4-7,9-12,17,19,24-25H,8,13-16,18H2,1-3H3. The summed E-state index contributed by atoms with van der Waals surface area (Å²) in [6.07, 6.45) is 0.0601. The summed E-state index contributed by atoms with van der Waals surface area (Å²) in [5.74, 6) is -1.46. The third-order valence-corrected chi connectivity index (χ3v) is 6.87. The van der Waals surface area contributed by atoms with Crippen molar-refractivity contribution in [3.63, 3.8) is 0 Å². The molecule has 4 amide bonds. The molecule has 0 aromatic heterocycles. The largest absolute Gasteiger partial charge is 0.462 e. The van der Waals surface area contributed by atoms with Gasteiger partial charge in [-0.1, -0.05) is 42.5 Å². The zero-order valence-corrected chi connectivity index (χ0v) is 22.4. The molecule has 2 atom stereocenters. The van der Waals surface area contributed by atoms with E-state index in [0.29, 0.717) is 43.9 Å². The summed E-state index contributed by atoms with van der Waals surface area (Å²) in [5, 5.41) is 11.5. The lowest BCUT2D eigenvalue weighted by Crippen LogP contribution is -2.48. The van der Waals surface area contributed by atoms with Crippen molar-refractivity contribution in [3.05, 3.63) is 75.8 Å². The van der Waals surface area contributed by atoms with Crippen LogP contribution in [-0.2, 0) is 16.1 Å². The Kier molecular flexibility index (Phi) is 8.58. The van der Waals surface area contributed by atoms with E-state index in [1.54, 1.807) is 36.6 Å². The highest BCUT2D eigenvalue weighted by atomic mass is 16.6. The van der Waals surface area contributed by atoms with Crippen LogP contribution in [0.3, 0.4) is 0 Å². The average molecular weight is 536 g/mol. The highest BCUT2D eigenvalue weighted by Crippen LogP contribution is 2.36. The zero-order valence-electron chi connectivity index (χ0n) is 22.4. The number of carbonyl (C=O) groups is 3. The van der Waals surface area contributed by atoms with Crippen molar-refractivity contribution in [2.45, 2.75) is 45.9 Å². The van der Waals surface area contributed by atoms with Crippen LogP contribution in [-0.4, -0.2) is 75.6 Å². The number of urea groups is 2. The summed E-state index contributed by atoms with van der Waals surface area (Å²) in [6.45, 7) is 7.39. The van der Waals surface area contributed by atoms with Gasteiger partial charge in [0.1, 0.15) is 5.92 Å². The quantitative estimate of drug-likeness (QED) is 0.252. The Balaban J connectivity index is 1.51. The van der Waals surface area contributed by atoms with Crippen LogP contribution in [0.4, 0.5) is 15.3 Å². The van der Waals surface area contributed by atoms with E-state index in [1.165, 1.54) is 23.1 Å². The van der Waals surface area contributed by atoms with Crippen molar-refractivity contribution in [1.29, 1.82) is 0 Å². The smallest absolute Gasteiger partial charge is 0.344 e. The fraction of sp³-hybridized carbons (Fsp3) is 0.429. The molecule has 0 saturated carbocycles. The molecule has 2 aromatic rings. The minimum atomic E-state index is -0.915. The van der Waals surface area contributed by atoms with E-state index in [-0.39, 0.29) is 24.4 Å². The first kappa shape index (κ1) is 27.7. The van der Waals surface area contributed by atoms with Gasteiger partial charge in [-0.05, 0) is 38.3 Å². The third kappa shape index (κ3) is 6.42. The molecule has 39 heavy (non-hydrogen) atoms. The molecule has 0 spiro atoms. The van der Waals surface area contributed by atoms with Crippen LogP contribution in [0.5, 0.6) is 0 Å². The van der Waals surface area contributed by atoms with Crippen molar-refractivity contribution in [2.24, 2.45) is 10.9 Å². The van der Waals surface area contributed by atoms with Gasteiger partial charge in [0.15, 0.2) is 0 Å². The predicted molar refractivity (Wildman–Crippen MR) is 144 cm³/mol. The number of non-ortho nitro benzene ring substituents is 1. The summed E-state index contributed by atoms with van der Waals surface area (Å²) in [5.41, 5.74) is 1.66. The summed E-state index contributed by atoms with van der Waals surface area (Å²) in [4.78, 5) is 59.3. The lowest BCUT2D eigenvalue weighted by Gasteiger charge is -2.39. The number of aliphatic imine (C=N–C) groups is 1. The van der Waals surface area contributed by atoms with E-state index in [0.717, 1.165) is 5.56 Å². The predicted octanol–water partition coefficient (Wildman–Crippen LogP) is 4.43. The van der Waals surface area contributed by atoms with Gasteiger partial charge in [-0.25, -0.2) is 14.6 Å². The van der Waals surface area contributed by atoms with E-state index in [9.17, 15) is 24.5 Å². The molecule has 1 fully saturated rings. The van der Waals surface area contributed by atoms with Crippen molar-refractivity contribution < 1.29 is 24.0 Å². The highest BCUT2D eigenvalue weighted by molar-refractivity contribution is 6.08. The number of ether oxygens (including phenoxy) is 1. The van der Waals surface area contributed by atoms with Gasteiger partial charge in [-0.3, -0.25) is 14.9 Å². The third-order valence-electron chi connectivity index (χ3n) is 6.87. The summed E-state index contributed by atoms with van der Waals surface area (Å²) < 4.78 is 5.48. The lowest BCUT2D eigenvalue weighted by molar-refractivity contribution is -0.385. The number of nitro benzene ring substituents is 1. The summed E-state index contributed by atoms with van der Waals surface area (Å²) >= 11 is 0. The van der Waals surface area contributed by atoms with Crippen molar-refractivity contribution in [3.8, 4) is 0 Å². The van der Waals surface area contributed by atoms with E-state index < -0.39 is 28.9 Å². The number of rotatable bonds is 10. The molecule has 206 valence electrons. The second-order valence-electron chi connectivity index (χ2n) is 10.0. The van der Waals surface area contributed by atoms with Crippen LogP contribution in [0.1, 0.15) is 44.4 Å². The Bertz CT molecular complexity index is 1260. The van der Waals surface area contributed by atoms with Gasteiger partial charge in [0.2, 0.25) is 0 Å². The van der Waals surface area contributed by atoms with Crippen LogP contribution in [0.15, 0.2) is 59.6 Å². The van der Waals surface area contributed by atoms with E-state index in [2.05, 4.69) is 4.99 Å². The number of esters is 1. The fourth-order valence-electron chi connectivity index (χ4n) is 5.07. The monoisotopic (exact) mass is 535 g/mol. The second-order valence-corrected chi connectivity index (χ2v) is 10.0. The first-order valence-electron chi connectivity index (χ1n) is 13.0. The summed E-state index contributed by atoms with van der Waals surface area (Å²) in [7, 11) is 0. The van der Waals surface area contributed by atoms with Crippen LogP contribution < -0.4 is 0 Å². The SMILES string of the molecule is CC1=NC(=O)N(CCCN2CCN(Cc3ccccc3)C2=O)C(c2cccc([N+](=O)[O-])c2)C1C(=O)OC(C)C. The Hall–Kier alpha value is -4.28. The number of nitrogens with zero attached hydrogens (tertiary/aromatic N) is 5. The van der Waals surface area contributed by atoms with Crippen LogP contribution >= 0.6 is 0 Å². The molecule has 2 aliphatic heterocycles. The Morgan fingerprint density at radius 3 is 2.49 bits per heavy atom. The minimum absolute atomic E-state index is 0.0636. The topological polar surface area (TPSA) is 126 Å². The average Bonchev–Trinajstić information content (AvgIpc) is 3.23. The normalized spacial score (nSPS) is 19.5. The summed E-state index contributed by atoms with van der Waals surface area (Å²) in [6, 6.07) is 14.3. The molecule has 2 aliphatic rings. The molecule has 11 heteroatoms. The number of benzene rings is 2. The van der Waals surface area contributed by atoms with Gasteiger partial charge in [0, 0.05) is 50.6 Å². The number of carbonyl (C=O) groups excluding carboxylic acids is 3. The van der Waals surface area contributed by atoms with Gasteiger partial charge in [0.25, 0.3) is 5.69 Å². The maximum atomic E-state index is 13.2. The number of amides is 4. The van der Waals surface area contributed by atoms with Crippen molar-refractivity contribution >= 4 is 29.4 Å². The second kappa shape index (κ2) is 12.1. The lowest BCUT2D eigenvalue weighted by atomic mass is 9.86. The van der Waals surface area contributed by atoms with Gasteiger partial charge in [-0.2, -0.15) is 0 Å². The number of hydrogen-bond acceptors (Lipinski definition) is 6. The van der Waals surface area contributed by atoms with Crippen LogP contribution in [0.25, 0.3) is 0 Å². The molecule has 0 radical (unpaired) electrons. The Morgan fingerprint density at radius 1 is 1.08 bits per heavy atom. The Labute approximate surface area is 227 Å². The van der Waals surface area contributed by atoms with E-state index in [4.69, 9.17) is 4.74 Å². The number of nitro groups is 1. The first-order valence-corrected chi connectivity index (χ1v) is 13.0. The zero-order chi connectivity index (χ0) is 28.1. The minimum Gasteiger partial charge on any atom is -0.462 e. The molecular formula is C28H33N5O6. The first-order chi connectivity index (χ1) is 18.7. The number of hydrogen-bond donors (Lipinski definition) is 0. The fourth-order valence-corrected chi connectivity index (χ4v) is 5.07. The molecule has 11 nitrogen and oxygen atoms in total. The van der Waals surface area contributed by atoms with Gasteiger partial charge < -0.3 is 19.4 Å². The molecule has 0 bridgehead atoms. The van der Waals surface area contributed by atoms with Crippen molar-refractivity contribution in [1.82, 2.24) is 14.7 Å². The van der Waals surface area contributed by atoms with Crippen LogP contribution in [0.2, 0.25) is 0 Å². The van der Waals surface area contributed by atoms with E-state index in [1.807, 2.05) is 30.3 Å². The van der Waals surface area contributed by atoms with Gasteiger partial charge in [-0.15, -0.1) is 0 Å². The molecule has 2 unspecified atom stereocenters. The molecule has 0 aliphatic carbocycles. The molecule has 2 heterocycles. The Morgan fingerprint density at radius 2 is 1.79 bits per heavy atom. The molecule has 4 rings (SSSR count). The van der Waals surface area contributed by atoms with Crippen LogP contribution in [0, 0.1) is 16.0 Å².